The molecule has 0 amide bonds. The van der Waals surface area contributed by atoms with Gasteiger partial charge in [-0.15, -0.1) is 0 Å². The van der Waals surface area contributed by atoms with E-state index in [2.05, 4.69) is 0 Å². The monoisotopic (exact) mass is 316 g/mol. The number of Topliss-reactive ketones (excluding diaryl/α,β-unsaturated/α-hetero) is 1. The normalized spacial score (nSPS) is 8.96. The molecule has 3 heteroatoms. The van der Waals surface area contributed by atoms with Gasteiger partial charge in [0.2, 0.25) is 0 Å². The summed E-state index contributed by atoms with van der Waals surface area (Å²) in [4.78, 5) is 11.4. The van der Waals surface area contributed by atoms with E-state index in [-0.39, 0.29) is 11.5 Å². The molecule has 0 saturated heterocycles. The molecule has 0 aliphatic rings. The molecule has 2 rings (SSSR count). The molecule has 0 heterocycles. The highest BCUT2D eigenvalue weighted by molar-refractivity contribution is 5.96. The fourth-order valence-electron chi connectivity index (χ4n) is 1.95. The highest BCUT2D eigenvalue weighted by Crippen LogP contribution is 2.21. The molecule has 0 radical (unpaired) electrons. The Labute approximate surface area is 139 Å². The first kappa shape index (κ1) is 20.7. The van der Waals surface area contributed by atoms with Gasteiger partial charge < -0.3 is 9.84 Å². The highest BCUT2D eigenvalue weighted by atomic mass is 16.5. The van der Waals surface area contributed by atoms with E-state index in [0.29, 0.717) is 12.0 Å². The number of phenols is 1. The topological polar surface area (TPSA) is 46.5 Å². The van der Waals surface area contributed by atoms with Gasteiger partial charge in [0.25, 0.3) is 0 Å². The first-order valence-electron chi connectivity index (χ1n) is 8.06. The lowest BCUT2D eigenvalue weighted by molar-refractivity contribution is 0.101. The van der Waals surface area contributed by atoms with E-state index < -0.39 is 0 Å². The summed E-state index contributed by atoms with van der Waals surface area (Å²) >= 11 is 0. The predicted molar refractivity (Wildman–Crippen MR) is 96.6 cm³/mol. The Hall–Kier alpha value is -2.29. The molecule has 0 aliphatic heterocycles. The largest absolute Gasteiger partial charge is 0.507 e. The first-order chi connectivity index (χ1) is 11.1. The van der Waals surface area contributed by atoms with Gasteiger partial charge in [-0.2, -0.15) is 0 Å². The molecule has 0 bridgehead atoms. The maximum atomic E-state index is 11.4. The molecule has 0 spiro atoms. The average molecular weight is 316 g/mol. The quantitative estimate of drug-likeness (QED) is 0.784. The molecule has 2 aromatic rings. The number of hydrogen-bond donors (Lipinski definition) is 1. The van der Waals surface area contributed by atoms with Crippen LogP contribution in [-0.4, -0.2) is 18.0 Å². The van der Waals surface area contributed by atoms with Crippen molar-refractivity contribution in [1.29, 1.82) is 0 Å². The van der Waals surface area contributed by atoms with Crippen molar-refractivity contribution < 1.29 is 14.6 Å². The number of rotatable bonds is 4. The second-order valence-corrected chi connectivity index (χ2v) is 4.43. The van der Waals surface area contributed by atoms with Crippen LogP contribution in [0.2, 0.25) is 0 Å². The van der Waals surface area contributed by atoms with Crippen molar-refractivity contribution in [3.05, 3.63) is 59.2 Å². The zero-order chi connectivity index (χ0) is 17.8. The lowest BCUT2D eigenvalue weighted by atomic mass is 10.0. The maximum absolute atomic E-state index is 11.4. The van der Waals surface area contributed by atoms with Crippen molar-refractivity contribution in [2.45, 2.75) is 41.0 Å². The van der Waals surface area contributed by atoms with Crippen LogP contribution < -0.4 is 4.74 Å². The Morgan fingerprint density at radius 3 is 1.96 bits per heavy atom. The number of hydrogen-bond acceptors (Lipinski definition) is 3. The summed E-state index contributed by atoms with van der Waals surface area (Å²) in [5.41, 5.74) is 2.49. The molecule has 23 heavy (non-hydrogen) atoms. The Bertz CT molecular complexity index is 586. The molecular formula is C20H28O3. The third-order valence-corrected chi connectivity index (χ3v) is 3.01. The maximum Gasteiger partial charge on any atom is 0.163 e. The SMILES string of the molecule is CC.CC.COc1ccc(Cc2ccc(O)c(C(C)=O)c2)cc1. The highest BCUT2D eigenvalue weighted by Gasteiger charge is 2.07. The molecule has 126 valence electrons. The second-order valence-electron chi connectivity index (χ2n) is 4.43. The number of benzene rings is 2. The smallest absolute Gasteiger partial charge is 0.163 e. The van der Waals surface area contributed by atoms with Gasteiger partial charge >= 0.3 is 0 Å². The van der Waals surface area contributed by atoms with Gasteiger partial charge in [-0.25, -0.2) is 0 Å². The van der Waals surface area contributed by atoms with Crippen LogP contribution in [0.15, 0.2) is 42.5 Å². The fraction of sp³-hybridized carbons (Fsp3) is 0.350. The summed E-state index contributed by atoms with van der Waals surface area (Å²) in [7, 11) is 1.63. The lowest BCUT2D eigenvalue weighted by Gasteiger charge is -2.06. The van der Waals surface area contributed by atoms with Gasteiger partial charge in [-0.05, 0) is 48.7 Å². The predicted octanol–water partition coefficient (Wildman–Crippen LogP) is 5.25. The minimum absolute atomic E-state index is 0.0333. The molecule has 0 aliphatic carbocycles. The molecule has 2 aromatic carbocycles. The number of carbonyl (C=O) groups excluding carboxylic acids is 1. The summed E-state index contributed by atoms with van der Waals surface area (Å²) in [5.74, 6) is 0.721. The molecule has 0 aromatic heterocycles. The van der Waals surface area contributed by atoms with Crippen molar-refractivity contribution in [3.63, 3.8) is 0 Å². The molecule has 0 saturated carbocycles. The van der Waals surface area contributed by atoms with Crippen molar-refractivity contribution in [3.8, 4) is 11.5 Å². The van der Waals surface area contributed by atoms with Gasteiger partial charge in [0.15, 0.2) is 5.78 Å². The zero-order valence-electron chi connectivity index (χ0n) is 15.0. The van der Waals surface area contributed by atoms with E-state index in [0.717, 1.165) is 16.9 Å². The Morgan fingerprint density at radius 1 is 0.957 bits per heavy atom. The molecule has 1 N–H and O–H groups in total. The average Bonchev–Trinajstić information content (AvgIpc) is 2.60. The number of carbonyl (C=O) groups is 1. The molecular weight excluding hydrogens is 288 g/mol. The zero-order valence-corrected chi connectivity index (χ0v) is 15.0. The molecule has 0 fully saturated rings. The molecule has 0 unspecified atom stereocenters. The summed E-state index contributed by atoms with van der Waals surface area (Å²) in [6.45, 7) is 9.45. The van der Waals surface area contributed by atoms with Crippen LogP contribution in [0.25, 0.3) is 0 Å². The van der Waals surface area contributed by atoms with E-state index in [1.165, 1.54) is 6.92 Å². The lowest BCUT2D eigenvalue weighted by Crippen LogP contribution is -1.96. The fourth-order valence-corrected chi connectivity index (χ4v) is 1.95. The van der Waals surface area contributed by atoms with Crippen molar-refractivity contribution >= 4 is 5.78 Å². The summed E-state index contributed by atoms with van der Waals surface area (Å²) in [5, 5.41) is 9.60. The van der Waals surface area contributed by atoms with Crippen LogP contribution in [0.4, 0.5) is 0 Å². The number of methoxy groups -OCH3 is 1. The van der Waals surface area contributed by atoms with Gasteiger partial charge in [-0.3, -0.25) is 4.79 Å². The summed E-state index contributed by atoms with van der Waals surface area (Å²) in [6, 6.07) is 12.9. The standard InChI is InChI=1S/C16H16O3.2C2H6/c1-11(17)15-10-13(5-8-16(15)18)9-12-3-6-14(19-2)7-4-12;2*1-2/h3-8,10,18H,9H2,1-2H3;2*1-2H3. The summed E-state index contributed by atoms with van der Waals surface area (Å²) < 4.78 is 5.11. The Balaban J connectivity index is 0.00000112. The third-order valence-electron chi connectivity index (χ3n) is 3.01. The van der Waals surface area contributed by atoms with Crippen LogP contribution >= 0.6 is 0 Å². The third kappa shape index (κ3) is 6.55. The van der Waals surface area contributed by atoms with E-state index in [1.807, 2.05) is 58.0 Å². The van der Waals surface area contributed by atoms with E-state index in [1.54, 1.807) is 19.2 Å². The number of ether oxygens (including phenoxy) is 1. The molecule has 3 nitrogen and oxygen atoms in total. The van der Waals surface area contributed by atoms with Crippen LogP contribution in [-0.2, 0) is 6.42 Å². The van der Waals surface area contributed by atoms with Gasteiger partial charge in [0.1, 0.15) is 11.5 Å². The van der Waals surface area contributed by atoms with E-state index in [4.69, 9.17) is 4.74 Å². The van der Waals surface area contributed by atoms with Gasteiger partial charge in [0.05, 0.1) is 12.7 Å². The van der Waals surface area contributed by atoms with Crippen LogP contribution in [0.5, 0.6) is 11.5 Å². The van der Waals surface area contributed by atoms with Crippen molar-refractivity contribution in [2.24, 2.45) is 0 Å². The summed E-state index contributed by atoms with van der Waals surface area (Å²) in [6.07, 6.45) is 0.713. The Morgan fingerprint density at radius 2 is 1.48 bits per heavy atom. The van der Waals surface area contributed by atoms with Gasteiger partial charge in [0, 0.05) is 0 Å². The number of phenolic OH excluding ortho intramolecular Hbond substituents is 1. The van der Waals surface area contributed by atoms with Crippen LogP contribution in [0, 0.1) is 0 Å². The van der Waals surface area contributed by atoms with Crippen molar-refractivity contribution in [1.82, 2.24) is 0 Å². The first-order valence-corrected chi connectivity index (χ1v) is 8.06. The van der Waals surface area contributed by atoms with E-state index >= 15 is 0 Å². The van der Waals surface area contributed by atoms with Crippen molar-refractivity contribution in [2.75, 3.05) is 7.11 Å². The van der Waals surface area contributed by atoms with Crippen LogP contribution in [0.3, 0.4) is 0 Å². The minimum atomic E-state index is -0.130. The number of aromatic hydroxyl groups is 1. The van der Waals surface area contributed by atoms with E-state index in [9.17, 15) is 9.90 Å². The number of ketones is 1. The minimum Gasteiger partial charge on any atom is -0.507 e. The Kier molecular flexibility index (Phi) is 10.2. The van der Waals surface area contributed by atoms with Crippen LogP contribution in [0.1, 0.15) is 56.1 Å². The van der Waals surface area contributed by atoms with Gasteiger partial charge in [-0.1, -0.05) is 45.9 Å². The molecule has 0 atom stereocenters. The second kappa shape index (κ2) is 11.3.